The number of thiocarbonyl (C=S) groups is 1. The molecule has 0 heterocycles. The number of para-hydroxylation sites is 1. The average molecular weight is 474 g/mol. The van der Waals surface area contributed by atoms with Gasteiger partial charge >= 0.3 is 0 Å². The van der Waals surface area contributed by atoms with Gasteiger partial charge in [-0.2, -0.15) is 0 Å². The lowest BCUT2D eigenvalue weighted by molar-refractivity contribution is -0.117. The van der Waals surface area contributed by atoms with Crippen LogP contribution in [0.3, 0.4) is 0 Å². The van der Waals surface area contributed by atoms with Gasteiger partial charge in [-0.25, -0.2) is 0 Å². The van der Waals surface area contributed by atoms with Crippen LogP contribution in [0, 0.1) is 12.8 Å². The number of anilines is 2. The number of benzene rings is 3. The Morgan fingerprint density at radius 1 is 0.971 bits per heavy atom. The molecule has 174 valence electrons. The quantitative estimate of drug-likeness (QED) is 0.397. The summed E-state index contributed by atoms with van der Waals surface area (Å²) < 4.78 is 5.89. The molecule has 1 aliphatic rings. The molecule has 0 aromatic heterocycles. The minimum absolute atomic E-state index is 0.0417. The second kappa shape index (κ2) is 10.9. The molecular weight excluding hydrogens is 446 g/mol. The van der Waals surface area contributed by atoms with Crippen molar-refractivity contribution >= 4 is 40.5 Å². The van der Waals surface area contributed by atoms with Crippen LogP contribution in [0.5, 0.6) is 5.75 Å². The molecule has 1 aliphatic carbocycles. The Morgan fingerprint density at radius 3 is 2.47 bits per heavy atom. The first kappa shape index (κ1) is 23.4. The largest absolute Gasteiger partial charge is 0.492 e. The lowest BCUT2D eigenvalue weighted by Crippen LogP contribution is -2.34. The minimum Gasteiger partial charge on any atom is -0.492 e. The van der Waals surface area contributed by atoms with Gasteiger partial charge in [0.1, 0.15) is 5.75 Å². The average Bonchev–Trinajstić information content (AvgIpc) is 3.68. The maximum Gasteiger partial charge on any atom is 0.261 e. The van der Waals surface area contributed by atoms with E-state index in [2.05, 4.69) is 16.0 Å². The van der Waals surface area contributed by atoms with Crippen molar-refractivity contribution in [1.29, 1.82) is 0 Å². The maximum atomic E-state index is 12.9. The second-order valence-electron chi connectivity index (χ2n) is 8.28. The maximum absolute atomic E-state index is 12.9. The molecule has 0 spiro atoms. The van der Waals surface area contributed by atoms with E-state index in [4.69, 9.17) is 17.0 Å². The van der Waals surface area contributed by atoms with Gasteiger partial charge < -0.3 is 15.4 Å². The number of aryl methyl sites for hydroxylation is 1. The molecule has 0 radical (unpaired) electrons. The molecule has 0 aliphatic heterocycles. The highest BCUT2D eigenvalue weighted by molar-refractivity contribution is 7.80. The Labute approximate surface area is 204 Å². The summed E-state index contributed by atoms with van der Waals surface area (Å²) in [6.45, 7) is 2.39. The van der Waals surface area contributed by atoms with Gasteiger partial charge in [-0.05, 0) is 67.4 Å². The summed E-state index contributed by atoms with van der Waals surface area (Å²) in [4.78, 5) is 25.0. The summed E-state index contributed by atoms with van der Waals surface area (Å²) in [5.41, 5.74) is 3.93. The third kappa shape index (κ3) is 6.42. The predicted molar refractivity (Wildman–Crippen MR) is 138 cm³/mol. The van der Waals surface area contributed by atoms with E-state index in [1.54, 1.807) is 18.2 Å². The van der Waals surface area contributed by atoms with Crippen LogP contribution < -0.4 is 20.7 Å². The number of carbonyl (C=O) groups is 2. The zero-order chi connectivity index (χ0) is 23.9. The number of hydrogen-bond donors (Lipinski definition) is 3. The predicted octanol–water partition coefficient (Wildman–Crippen LogP) is 5.09. The normalized spacial score (nSPS) is 12.5. The Hall–Kier alpha value is -3.71. The summed E-state index contributed by atoms with van der Waals surface area (Å²) in [7, 11) is 0. The van der Waals surface area contributed by atoms with E-state index in [1.165, 1.54) is 5.56 Å². The van der Waals surface area contributed by atoms with Gasteiger partial charge in [0.05, 0.1) is 12.2 Å². The van der Waals surface area contributed by atoms with E-state index in [-0.39, 0.29) is 22.8 Å². The SMILES string of the molecule is Cc1ccc(NC(=S)NC(=O)c2ccccc2OCCc2ccccc2)cc1NC(=O)C1CC1. The van der Waals surface area contributed by atoms with Gasteiger partial charge in [0.2, 0.25) is 5.91 Å². The molecule has 0 bridgehead atoms. The van der Waals surface area contributed by atoms with Crippen LogP contribution in [0.4, 0.5) is 11.4 Å². The summed E-state index contributed by atoms with van der Waals surface area (Å²) >= 11 is 5.35. The summed E-state index contributed by atoms with van der Waals surface area (Å²) in [5.74, 6) is 0.299. The molecule has 1 fully saturated rings. The monoisotopic (exact) mass is 473 g/mol. The van der Waals surface area contributed by atoms with E-state index in [1.807, 2.05) is 61.5 Å². The first-order valence-electron chi connectivity index (χ1n) is 11.3. The number of rotatable bonds is 8. The van der Waals surface area contributed by atoms with Crippen LogP contribution >= 0.6 is 12.2 Å². The van der Waals surface area contributed by atoms with Crippen molar-refractivity contribution in [2.45, 2.75) is 26.2 Å². The van der Waals surface area contributed by atoms with Crippen molar-refractivity contribution in [3.8, 4) is 5.75 Å². The van der Waals surface area contributed by atoms with Crippen LogP contribution in [0.2, 0.25) is 0 Å². The fraction of sp³-hybridized carbons (Fsp3) is 0.222. The number of hydrogen-bond acceptors (Lipinski definition) is 4. The number of ether oxygens (including phenoxy) is 1. The molecule has 3 aromatic rings. The van der Waals surface area contributed by atoms with Gasteiger partial charge in [-0.15, -0.1) is 0 Å². The van der Waals surface area contributed by atoms with Gasteiger partial charge in [0.25, 0.3) is 5.91 Å². The fourth-order valence-electron chi connectivity index (χ4n) is 3.45. The first-order chi connectivity index (χ1) is 16.5. The Morgan fingerprint density at radius 2 is 1.71 bits per heavy atom. The number of carbonyl (C=O) groups excluding carboxylic acids is 2. The van der Waals surface area contributed by atoms with Crippen LogP contribution in [0.15, 0.2) is 72.8 Å². The van der Waals surface area contributed by atoms with Gasteiger partial charge in [-0.3, -0.25) is 14.9 Å². The van der Waals surface area contributed by atoms with Crippen molar-refractivity contribution in [2.24, 2.45) is 5.92 Å². The smallest absolute Gasteiger partial charge is 0.261 e. The lowest BCUT2D eigenvalue weighted by Gasteiger charge is -2.14. The van der Waals surface area contributed by atoms with E-state index in [9.17, 15) is 9.59 Å². The molecule has 6 nitrogen and oxygen atoms in total. The van der Waals surface area contributed by atoms with Crippen molar-refractivity contribution in [3.63, 3.8) is 0 Å². The van der Waals surface area contributed by atoms with Gasteiger partial charge in [0, 0.05) is 23.7 Å². The molecule has 34 heavy (non-hydrogen) atoms. The van der Waals surface area contributed by atoms with Gasteiger partial charge in [-0.1, -0.05) is 48.5 Å². The van der Waals surface area contributed by atoms with E-state index >= 15 is 0 Å². The summed E-state index contributed by atoms with van der Waals surface area (Å²) in [6, 6.07) is 22.7. The Kier molecular flexibility index (Phi) is 7.54. The standard InChI is InChI=1S/C27H27N3O3S/c1-18-11-14-21(17-23(18)29-25(31)20-12-13-20)28-27(34)30-26(32)22-9-5-6-10-24(22)33-16-15-19-7-3-2-4-8-19/h2-11,14,17,20H,12-13,15-16H2,1H3,(H,29,31)(H2,28,30,32,34). The highest BCUT2D eigenvalue weighted by Gasteiger charge is 2.29. The van der Waals surface area contributed by atoms with E-state index in [0.717, 1.165) is 30.5 Å². The summed E-state index contributed by atoms with van der Waals surface area (Å²) in [5, 5.41) is 8.85. The molecule has 0 atom stereocenters. The van der Waals surface area contributed by atoms with E-state index < -0.39 is 0 Å². The third-order valence-corrected chi connectivity index (χ3v) is 5.76. The first-order valence-corrected chi connectivity index (χ1v) is 11.7. The fourth-order valence-corrected chi connectivity index (χ4v) is 3.66. The zero-order valence-corrected chi connectivity index (χ0v) is 19.8. The molecule has 7 heteroatoms. The van der Waals surface area contributed by atoms with Crippen molar-refractivity contribution in [1.82, 2.24) is 5.32 Å². The van der Waals surface area contributed by atoms with Crippen LogP contribution in [0.1, 0.15) is 34.3 Å². The van der Waals surface area contributed by atoms with Crippen molar-refractivity contribution < 1.29 is 14.3 Å². The van der Waals surface area contributed by atoms with Crippen molar-refractivity contribution in [2.75, 3.05) is 17.2 Å². The lowest BCUT2D eigenvalue weighted by atomic mass is 10.1. The highest BCUT2D eigenvalue weighted by Crippen LogP contribution is 2.31. The molecule has 0 unspecified atom stereocenters. The number of nitrogens with one attached hydrogen (secondary N) is 3. The van der Waals surface area contributed by atoms with Crippen LogP contribution in [0.25, 0.3) is 0 Å². The molecule has 3 aromatic carbocycles. The molecule has 4 rings (SSSR count). The van der Waals surface area contributed by atoms with Crippen LogP contribution in [-0.2, 0) is 11.2 Å². The molecule has 1 saturated carbocycles. The number of amides is 2. The van der Waals surface area contributed by atoms with E-state index in [0.29, 0.717) is 23.6 Å². The zero-order valence-electron chi connectivity index (χ0n) is 19.0. The highest BCUT2D eigenvalue weighted by atomic mass is 32.1. The third-order valence-electron chi connectivity index (χ3n) is 5.55. The Bertz CT molecular complexity index is 1190. The van der Waals surface area contributed by atoms with Crippen LogP contribution in [-0.4, -0.2) is 23.5 Å². The second-order valence-corrected chi connectivity index (χ2v) is 8.69. The minimum atomic E-state index is -0.359. The Balaban J connectivity index is 1.34. The molecule has 0 saturated heterocycles. The molecule has 3 N–H and O–H groups in total. The topological polar surface area (TPSA) is 79.5 Å². The molecular formula is C27H27N3O3S. The molecule has 2 amide bonds. The van der Waals surface area contributed by atoms with Crippen molar-refractivity contribution in [3.05, 3.63) is 89.5 Å². The van der Waals surface area contributed by atoms with Gasteiger partial charge in [0.15, 0.2) is 5.11 Å². The summed E-state index contributed by atoms with van der Waals surface area (Å²) in [6.07, 6.45) is 2.62.